The highest BCUT2D eigenvalue weighted by molar-refractivity contribution is 7.91. The van der Waals surface area contributed by atoms with Crippen molar-refractivity contribution in [3.8, 4) is 0 Å². The van der Waals surface area contributed by atoms with Crippen molar-refractivity contribution in [3.63, 3.8) is 0 Å². The van der Waals surface area contributed by atoms with Crippen LogP contribution in [0.2, 0.25) is 0 Å². The number of benzene rings is 1. The summed E-state index contributed by atoms with van der Waals surface area (Å²) in [4.78, 5) is 0. The molecule has 4 nitrogen and oxygen atoms in total. The molecule has 2 atom stereocenters. The Labute approximate surface area is 121 Å². The van der Waals surface area contributed by atoms with E-state index >= 15 is 0 Å². The second-order valence-corrected chi connectivity index (χ2v) is 7.82. The molecule has 1 aromatic carbocycles. The lowest BCUT2D eigenvalue weighted by Crippen LogP contribution is -2.28. The summed E-state index contributed by atoms with van der Waals surface area (Å²) < 4.78 is 29.7. The number of nitrogens with two attached hydrogens (primary N) is 1. The highest BCUT2D eigenvalue weighted by atomic mass is 32.2. The van der Waals surface area contributed by atoms with Crippen LogP contribution < -0.4 is 5.73 Å². The quantitative estimate of drug-likeness (QED) is 0.901. The van der Waals surface area contributed by atoms with Gasteiger partial charge in [-0.05, 0) is 43.4 Å². The molecule has 1 aromatic rings. The van der Waals surface area contributed by atoms with Gasteiger partial charge in [0, 0.05) is 12.6 Å². The maximum Gasteiger partial charge on any atom is 0.154 e. The summed E-state index contributed by atoms with van der Waals surface area (Å²) in [6.45, 7) is 4.70. The molecule has 2 N–H and O–H groups in total. The second-order valence-electron chi connectivity index (χ2n) is 5.66. The Morgan fingerprint density at radius 1 is 1.35 bits per heavy atom. The molecule has 0 radical (unpaired) electrons. The zero-order valence-corrected chi connectivity index (χ0v) is 12.9. The summed E-state index contributed by atoms with van der Waals surface area (Å²) in [5.41, 5.74) is 9.25. The molecule has 0 bridgehead atoms. The van der Waals surface area contributed by atoms with Crippen molar-refractivity contribution < 1.29 is 13.2 Å². The van der Waals surface area contributed by atoms with E-state index in [1.807, 2.05) is 32.0 Å². The van der Waals surface area contributed by atoms with E-state index in [4.69, 9.17) is 10.5 Å². The van der Waals surface area contributed by atoms with Crippen LogP contribution in [-0.4, -0.2) is 32.6 Å². The molecule has 0 saturated carbocycles. The van der Waals surface area contributed by atoms with E-state index in [-0.39, 0.29) is 17.6 Å². The predicted octanol–water partition coefficient (Wildman–Crippen LogP) is 1.90. The molecule has 0 amide bonds. The van der Waals surface area contributed by atoms with E-state index in [9.17, 15) is 8.42 Å². The van der Waals surface area contributed by atoms with Crippen LogP contribution >= 0.6 is 0 Å². The Morgan fingerprint density at radius 2 is 2.10 bits per heavy atom. The normalized spacial score (nSPS) is 21.1. The highest BCUT2D eigenvalue weighted by Gasteiger charge is 2.25. The lowest BCUT2D eigenvalue weighted by molar-refractivity contribution is 0.127. The molecule has 2 unspecified atom stereocenters. The van der Waals surface area contributed by atoms with E-state index in [1.165, 1.54) is 5.56 Å². The van der Waals surface area contributed by atoms with Gasteiger partial charge in [-0.1, -0.05) is 18.2 Å². The molecule has 112 valence electrons. The number of ether oxygens (including phenoxy) is 1. The summed E-state index contributed by atoms with van der Waals surface area (Å²) in [7, 11) is -3.19. The number of hydrogen-bond acceptors (Lipinski definition) is 4. The first-order valence-electron chi connectivity index (χ1n) is 7.02. The Kier molecular flexibility index (Phi) is 4.83. The number of rotatable bonds is 5. The van der Waals surface area contributed by atoms with Gasteiger partial charge in [-0.3, -0.25) is 0 Å². The maximum absolute atomic E-state index is 12.2. The second kappa shape index (κ2) is 6.24. The van der Waals surface area contributed by atoms with Crippen molar-refractivity contribution in [1.82, 2.24) is 0 Å². The van der Waals surface area contributed by atoms with Crippen LogP contribution in [-0.2, 0) is 14.6 Å². The van der Waals surface area contributed by atoms with E-state index < -0.39 is 15.9 Å². The highest BCUT2D eigenvalue weighted by Crippen LogP contribution is 2.19. The number of hydrogen-bond donors (Lipinski definition) is 1. The third-order valence-corrected chi connectivity index (χ3v) is 5.60. The fraction of sp³-hybridized carbons (Fsp3) is 0.600. The summed E-state index contributed by atoms with van der Waals surface area (Å²) in [6.07, 6.45) is 1.63. The summed E-state index contributed by atoms with van der Waals surface area (Å²) in [5.74, 6) is 0.0703. The molecule has 1 heterocycles. The van der Waals surface area contributed by atoms with E-state index in [0.717, 1.165) is 24.0 Å². The molecule has 2 rings (SSSR count). The molecule has 1 aliphatic rings. The standard InChI is InChI=1S/C15H23NO3S/c1-11-5-6-13(8-12(11)2)15(16)10-20(17,18)9-14-4-3-7-19-14/h5-6,8,14-15H,3-4,7,9-10,16H2,1-2H3. The van der Waals surface area contributed by atoms with E-state index in [2.05, 4.69) is 0 Å². The molecule has 5 heteroatoms. The third-order valence-electron chi connectivity index (χ3n) is 3.86. The van der Waals surface area contributed by atoms with Crippen molar-refractivity contribution in [1.29, 1.82) is 0 Å². The average Bonchev–Trinajstić information content (AvgIpc) is 2.83. The molecule has 1 fully saturated rings. The molecule has 20 heavy (non-hydrogen) atoms. The summed E-state index contributed by atoms with van der Waals surface area (Å²) in [5, 5.41) is 0. The fourth-order valence-corrected chi connectivity index (χ4v) is 4.20. The van der Waals surface area contributed by atoms with Crippen molar-refractivity contribution >= 4 is 9.84 Å². The largest absolute Gasteiger partial charge is 0.377 e. The summed E-state index contributed by atoms with van der Waals surface area (Å²) >= 11 is 0. The first-order valence-corrected chi connectivity index (χ1v) is 8.84. The van der Waals surface area contributed by atoms with Crippen LogP contribution in [0, 0.1) is 13.8 Å². The van der Waals surface area contributed by atoms with E-state index in [1.54, 1.807) is 0 Å². The van der Waals surface area contributed by atoms with Crippen molar-refractivity contribution in [3.05, 3.63) is 34.9 Å². The van der Waals surface area contributed by atoms with E-state index in [0.29, 0.717) is 6.61 Å². The SMILES string of the molecule is Cc1ccc(C(N)CS(=O)(=O)CC2CCCO2)cc1C. The predicted molar refractivity (Wildman–Crippen MR) is 80.5 cm³/mol. The minimum Gasteiger partial charge on any atom is -0.377 e. The van der Waals surface area contributed by atoms with Crippen LogP contribution in [0.15, 0.2) is 18.2 Å². The fourth-order valence-electron chi connectivity index (χ4n) is 2.49. The third kappa shape index (κ3) is 4.04. The van der Waals surface area contributed by atoms with Crippen LogP contribution in [0.5, 0.6) is 0 Å². The number of aryl methyl sites for hydroxylation is 2. The summed E-state index contributed by atoms with van der Waals surface area (Å²) in [6, 6.07) is 5.40. The van der Waals surface area contributed by atoms with Crippen molar-refractivity contribution in [2.45, 2.75) is 38.8 Å². The Bertz CT molecular complexity index is 562. The van der Waals surface area contributed by atoms with Gasteiger partial charge in [0.15, 0.2) is 9.84 Å². The van der Waals surface area contributed by atoms with Crippen LogP contribution in [0.3, 0.4) is 0 Å². The smallest absolute Gasteiger partial charge is 0.154 e. The van der Waals surface area contributed by atoms with Gasteiger partial charge in [-0.15, -0.1) is 0 Å². The molecule has 0 aromatic heterocycles. The molecular weight excluding hydrogens is 274 g/mol. The Hall–Kier alpha value is -0.910. The molecule has 1 saturated heterocycles. The Morgan fingerprint density at radius 3 is 2.70 bits per heavy atom. The van der Waals surface area contributed by atoms with Crippen molar-refractivity contribution in [2.24, 2.45) is 5.73 Å². The topological polar surface area (TPSA) is 69.4 Å². The molecular formula is C15H23NO3S. The van der Waals surface area contributed by atoms with Gasteiger partial charge < -0.3 is 10.5 Å². The average molecular weight is 297 g/mol. The van der Waals surface area contributed by atoms with Gasteiger partial charge >= 0.3 is 0 Å². The van der Waals surface area contributed by atoms with Gasteiger partial charge in [0.1, 0.15) is 0 Å². The molecule has 0 aliphatic carbocycles. The van der Waals surface area contributed by atoms with Crippen molar-refractivity contribution in [2.75, 3.05) is 18.1 Å². The van der Waals surface area contributed by atoms with Crippen LogP contribution in [0.1, 0.15) is 35.6 Å². The van der Waals surface area contributed by atoms with Gasteiger partial charge in [-0.2, -0.15) is 0 Å². The number of sulfone groups is 1. The first-order chi connectivity index (χ1) is 9.37. The van der Waals surface area contributed by atoms with Gasteiger partial charge in [0.2, 0.25) is 0 Å². The monoisotopic (exact) mass is 297 g/mol. The minimum atomic E-state index is -3.19. The van der Waals surface area contributed by atoms with Crippen LogP contribution in [0.4, 0.5) is 0 Å². The van der Waals surface area contributed by atoms with Gasteiger partial charge in [0.05, 0.1) is 17.6 Å². The van der Waals surface area contributed by atoms with Crippen LogP contribution in [0.25, 0.3) is 0 Å². The molecule has 0 spiro atoms. The lowest BCUT2D eigenvalue weighted by Gasteiger charge is -2.16. The van der Waals surface area contributed by atoms with Gasteiger partial charge in [0.25, 0.3) is 0 Å². The Balaban J connectivity index is 2.01. The zero-order valence-electron chi connectivity index (χ0n) is 12.1. The first kappa shape index (κ1) is 15.5. The maximum atomic E-state index is 12.2. The van der Waals surface area contributed by atoms with Gasteiger partial charge in [-0.25, -0.2) is 8.42 Å². The zero-order chi connectivity index (χ0) is 14.8. The lowest BCUT2D eigenvalue weighted by atomic mass is 10.0. The molecule has 1 aliphatic heterocycles. The minimum absolute atomic E-state index is 0.0185.